The molecule has 0 saturated carbocycles. The third-order valence-corrected chi connectivity index (χ3v) is 7.29. The summed E-state index contributed by atoms with van der Waals surface area (Å²) in [6.45, 7) is 0.474. The first-order chi connectivity index (χ1) is 13.4. The summed E-state index contributed by atoms with van der Waals surface area (Å²) in [6.07, 6.45) is 2.91. The molecule has 28 heavy (non-hydrogen) atoms. The Kier molecular flexibility index (Phi) is 4.93. The quantitative estimate of drug-likeness (QED) is 0.787. The minimum absolute atomic E-state index is 0.113. The zero-order valence-corrected chi connectivity index (χ0v) is 16.0. The van der Waals surface area contributed by atoms with Gasteiger partial charge in [0, 0.05) is 26.2 Å². The highest BCUT2D eigenvalue weighted by atomic mass is 32.2. The number of hydrogen-bond donors (Lipinski definition) is 0. The molecule has 0 N–H and O–H groups in total. The van der Waals surface area contributed by atoms with Crippen molar-refractivity contribution in [1.29, 1.82) is 0 Å². The molecule has 5 nitrogen and oxygen atoms in total. The Hall–Kier alpha value is -2.32. The molecule has 2 aromatic rings. The number of carbonyl (C=O) groups excluding carboxylic acids is 1. The Labute approximate surface area is 162 Å². The van der Waals surface area contributed by atoms with Crippen LogP contribution in [0.1, 0.15) is 27.9 Å². The van der Waals surface area contributed by atoms with Crippen LogP contribution in [0, 0.1) is 11.6 Å². The molecular formula is C20H20F2N2O3S. The SMILES string of the molecule is O=C(c1cc(F)ccc1F)N1CCN(S(=O)(=O)c2ccc3c(c2)CCC3)CC1. The average molecular weight is 406 g/mol. The van der Waals surface area contributed by atoms with E-state index in [9.17, 15) is 22.0 Å². The number of amides is 1. The van der Waals surface area contributed by atoms with E-state index in [1.807, 2.05) is 6.07 Å². The van der Waals surface area contributed by atoms with Gasteiger partial charge in [0.05, 0.1) is 10.5 Å². The van der Waals surface area contributed by atoms with Crippen molar-refractivity contribution in [3.8, 4) is 0 Å². The topological polar surface area (TPSA) is 57.7 Å². The maximum absolute atomic E-state index is 13.9. The first kappa shape index (κ1) is 19.0. The summed E-state index contributed by atoms with van der Waals surface area (Å²) < 4.78 is 54.4. The van der Waals surface area contributed by atoms with E-state index in [1.165, 1.54) is 14.8 Å². The van der Waals surface area contributed by atoms with Crippen LogP contribution in [0.25, 0.3) is 0 Å². The Balaban J connectivity index is 1.47. The number of piperazine rings is 1. The van der Waals surface area contributed by atoms with E-state index in [0.717, 1.165) is 43.0 Å². The maximum atomic E-state index is 13.9. The number of halogens is 2. The number of benzene rings is 2. The molecule has 0 radical (unpaired) electrons. The van der Waals surface area contributed by atoms with Crippen LogP contribution in [0.2, 0.25) is 0 Å². The van der Waals surface area contributed by atoms with Crippen LogP contribution < -0.4 is 0 Å². The molecule has 4 rings (SSSR count). The van der Waals surface area contributed by atoms with Crippen molar-refractivity contribution in [1.82, 2.24) is 9.21 Å². The molecule has 0 spiro atoms. The summed E-state index contributed by atoms with van der Waals surface area (Å²) in [4.78, 5) is 14.1. The van der Waals surface area contributed by atoms with Gasteiger partial charge in [-0.15, -0.1) is 0 Å². The van der Waals surface area contributed by atoms with E-state index in [4.69, 9.17) is 0 Å². The third-order valence-electron chi connectivity index (χ3n) is 5.39. The Morgan fingerprint density at radius 3 is 2.36 bits per heavy atom. The first-order valence-corrected chi connectivity index (χ1v) is 10.7. The number of sulfonamides is 1. The minimum atomic E-state index is -3.65. The van der Waals surface area contributed by atoms with Crippen molar-refractivity contribution in [3.05, 3.63) is 64.7 Å². The number of fused-ring (bicyclic) bond motifs is 1. The lowest BCUT2D eigenvalue weighted by Crippen LogP contribution is -2.50. The van der Waals surface area contributed by atoms with E-state index >= 15 is 0 Å². The van der Waals surface area contributed by atoms with Gasteiger partial charge in [-0.05, 0) is 60.7 Å². The lowest BCUT2D eigenvalue weighted by molar-refractivity contribution is 0.0692. The summed E-state index contributed by atoms with van der Waals surface area (Å²) in [6, 6.07) is 7.99. The molecule has 2 aliphatic rings. The number of nitrogens with zero attached hydrogens (tertiary/aromatic N) is 2. The van der Waals surface area contributed by atoms with E-state index in [0.29, 0.717) is 0 Å². The van der Waals surface area contributed by atoms with Gasteiger partial charge in [0.25, 0.3) is 5.91 Å². The van der Waals surface area contributed by atoms with Crippen LogP contribution in [-0.2, 0) is 22.9 Å². The van der Waals surface area contributed by atoms with Crippen molar-refractivity contribution >= 4 is 15.9 Å². The molecule has 0 bridgehead atoms. The highest BCUT2D eigenvalue weighted by Crippen LogP contribution is 2.27. The fourth-order valence-electron chi connectivity index (χ4n) is 3.82. The predicted octanol–water partition coefficient (Wildman–Crippen LogP) is 2.60. The van der Waals surface area contributed by atoms with Crippen LogP contribution >= 0.6 is 0 Å². The molecule has 0 unspecified atom stereocenters. The summed E-state index contributed by atoms with van der Waals surface area (Å²) in [5.41, 5.74) is 1.94. The van der Waals surface area contributed by atoms with Crippen LogP contribution in [0.3, 0.4) is 0 Å². The number of hydrogen-bond acceptors (Lipinski definition) is 3. The molecule has 1 aliphatic carbocycles. The monoisotopic (exact) mass is 406 g/mol. The third kappa shape index (κ3) is 3.42. The van der Waals surface area contributed by atoms with Gasteiger partial charge < -0.3 is 4.90 Å². The molecule has 1 amide bonds. The van der Waals surface area contributed by atoms with E-state index < -0.39 is 27.6 Å². The van der Waals surface area contributed by atoms with Crippen LogP contribution in [0.4, 0.5) is 8.78 Å². The highest BCUT2D eigenvalue weighted by Gasteiger charge is 2.31. The van der Waals surface area contributed by atoms with Crippen molar-refractivity contribution < 1.29 is 22.0 Å². The fourth-order valence-corrected chi connectivity index (χ4v) is 5.29. The Morgan fingerprint density at radius 1 is 0.893 bits per heavy atom. The number of rotatable bonds is 3. The Morgan fingerprint density at radius 2 is 1.61 bits per heavy atom. The van der Waals surface area contributed by atoms with Crippen molar-refractivity contribution in [2.75, 3.05) is 26.2 Å². The predicted molar refractivity (Wildman–Crippen MR) is 99.5 cm³/mol. The normalized spacial score (nSPS) is 17.6. The molecule has 1 fully saturated rings. The lowest BCUT2D eigenvalue weighted by Gasteiger charge is -2.34. The minimum Gasteiger partial charge on any atom is -0.336 e. The smallest absolute Gasteiger partial charge is 0.257 e. The van der Waals surface area contributed by atoms with Gasteiger partial charge in [0.15, 0.2) is 0 Å². The fraction of sp³-hybridized carbons (Fsp3) is 0.350. The van der Waals surface area contributed by atoms with E-state index in [1.54, 1.807) is 12.1 Å². The molecular weight excluding hydrogens is 386 g/mol. The van der Waals surface area contributed by atoms with Gasteiger partial charge in [-0.1, -0.05) is 6.07 Å². The maximum Gasteiger partial charge on any atom is 0.257 e. The van der Waals surface area contributed by atoms with Gasteiger partial charge in [-0.25, -0.2) is 17.2 Å². The van der Waals surface area contributed by atoms with E-state index in [-0.39, 0.29) is 36.6 Å². The van der Waals surface area contributed by atoms with Gasteiger partial charge in [0.1, 0.15) is 11.6 Å². The molecule has 2 aromatic carbocycles. The van der Waals surface area contributed by atoms with E-state index in [2.05, 4.69) is 0 Å². The first-order valence-electron chi connectivity index (χ1n) is 9.22. The molecule has 8 heteroatoms. The zero-order chi connectivity index (χ0) is 19.9. The number of carbonyl (C=O) groups is 1. The summed E-state index contributed by atoms with van der Waals surface area (Å²) >= 11 is 0. The molecule has 148 valence electrons. The molecule has 0 atom stereocenters. The molecule has 1 heterocycles. The van der Waals surface area contributed by atoms with Crippen LogP contribution in [-0.4, -0.2) is 49.7 Å². The van der Waals surface area contributed by atoms with Crippen LogP contribution in [0.5, 0.6) is 0 Å². The van der Waals surface area contributed by atoms with Crippen molar-refractivity contribution in [2.45, 2.75) is 24.2 Å². The van der Waals surface area contributed by atoms with Gasteiger partial charge in [0.2, 0.25) is 10.0 Å². The standard InChI is InChI=1S/C20H20F2N2O3S/c21-16-5-7-19(22)18(13-16)20(25)23-8-10-24(11-9-23)28(26,27)17-6-4-14-2-1-3-15(14)12-17/h4-7,12-13H,1-3,8-11H2. The number of aryl methyl sites for hydroxylation is 2. The molecule has 0 aromatic heterocycles. The van der Waals surface area contributed by atoms with Gasteiger partial charge in [-0.3, -0.25) is 4.79 Å². The lowest BCUT2D eigenvalue weighted by atomic mass is 10.1. The summed E-state index contributed by atoms with van der Waals surface area (Å²) in [5, 5.41) is 0. The summed E-state index contributed by atoms with van der Waals surface area (Å²) in [5.74, 6) is -2.12. The van der Waals surface area contributed by atoms with Crippen molar-refractivity contribution in [3.63, 3.8) is 0 Å². The second kappa shape index (κ2) is 7.25. The van der Waals surface area contributed by atoms with Gasteiger partial charge in [-0.2, -0.15) is 4.31 Å². The largest absolute Gasteiger partial charge is 0.336 e. The highest BCUT2D eigenvalue weighted by molar-refractivity contribution is 7.89. The van der Waals surface area contributed by atoms with Crippen LogP contribution in [0.15, 0.2) is 41.3 Å². The Bertz CT molecular complexity index is 1030. The molecule has 1 saturated heterocycles. The second-order valence-electron chi connectivity index (χ2n) is 7.10. The zero-order valence-electron chi connectivity index (χ0n) is 15.2. The van der Waals surface area contributed by atoms with Gasteiger partial charge >= 0.3 is 0 Å². The van der Waals surface area contributed by atoms with Crippen molar-refractivity contribution in [2.24, 2.45) is 0 Å². The molecule has 1 aliphatic heterocycles. The average Bonchev–Trinajstić information content (AvgIpc) is 3.17. The second-order valence-corrected chi connectivity index (χ2v) is 9.04. The summed E-state index contributed by atoms with van der Waals surface area (Å²) in [7, 11) is -3.65.